The lowest BCUT2D eigenvalue weighted by molar-refractivity contribution is 0.0566. The largest absolute Gasteiger partial charge is 0.474 e. The fourth-order valence-electron chi connectivity index (χ4n) is 4.60. The molecule has 0 atom stereocenters. The van der Waals surface area contributed by atoms with Gasteiger partial charge in [-0.05, 0) is 70.4 Å². The zero-order chi connectivity index (χ0) is 26.3. The minimum absolute atomic E-state index is 0.370. The minimum Gasteiger partial charge on any atom is -0.474 e. The van der Waals surface area contributed by atoms with Gasteiger partial charge in [-0.1, -0.05) is 0 Å². The predicted molar refractivity (Wildman–Crippen MR) is 144 cm³/mol. The standard InChI is InChI=1S/C27H33N7O3/c1-16-12-19(6-7-20(16)28)31-25-30-13-18-8-9-33(15-21(18)32-25)22-14-29-24-23(17(22)2)34(10-11-36-24)26(35)37-27(3,4)5/h6-7,12-14H,8-11,15,28H2,1-5H3,(H,30,31,32). The SMILES string of the molecule is Cc1cc(Nc2ncc3c(n2)CN(c2cnc4c(c2C)N(C(=O)OC(C)(C)C)CCO4)CC3)ccc1N. The van der Waals surface area contributed by atoms with Crippen molar-refractivity contribution < 1.29 is 14.3 Å². The quantitative estimate of drug-likeness (QED) is 0.498. The van der Waals surface area contributed by atoms with E-state index in [1.807, 2.05) is 65.2 Å². The van der Waals surface area contributed by atoms with Gasteiger partial charge in [0.2, 0.25) is 11.8 Å². The molecule has 10 nitrogen and oxygen atoms in total. The molecular weight excluding hydrogens is 470 g/mol. The van der Waals surface area contributed by atoms with Crippen molar-refractivity contribution in [2.75, 3.05) is 40.5 Å². The number of nitrogens with two attached hydrogens (primary N) is 1. The van der Waals surface area contributed by atoms with Gasteiger partial charge in [0, 0.05) is 29.7 Å². The Morgan fingerprint density at radius 2 is 1.97 bits per heavy atom. The number of hydrogen-bond donors (Lipinski definition) is 2. The number of aryl methyl sites for hydroxylation is 1. The van der Waals surface area contributed by atoms with Gasteiger partial charge in [0.25, 0.3) is 0 Å². The van der Waals surface area contributed by atoms with Gasteiger partial charge >= 0.3 is 6.09 Å². The first-order valence-corrected chi connectivity index (χ1v) is 12.4. The summed E-state index contributed by atoms with van der Waals surface area (Å²) in [5, 5.41) is 3.28. The van der Waals surface area contributed by atoms with Crippen molar-refractivity contribution in [3.8, 4) is 5.88 Å². The molecule has 0 bridgehead atoms. The number of pyridine rings is 1. The monoisotopic (exact) mass is 503 g/mol. The molecule has 2 aromatic heterocycles. The number of carbonyl (C=O) groups excluding carboxylic acids is 1. The van der Waals surface area contributed by atoms with E-state index in [4.69, 9.17) is 20.2 Å². The first-order chi connectivity index (χ1) is 17.6. The van der Waals surface area contributed by atoms with E-state index in [0.717, 1.165) is 52.4 Å². The molecule has 0 saturated carbocycles. The minimum atomic E-state index is -0.596. The number of nitrogens with one attached hydrogen (secondary N) is 1. The van der Waals surface area contributed by atoms with E-state index in [2.05, 4.69) is 20.2 Å². The smallest absolute Gasteiger partial charge is 0.415 e. The molecule has 3 aromatic rings. The van der Waals surface area contributed by atoms with Gasteiger partial charge in [-0.3, -0.25) is 4.90 Å². The Bertz CT molecular complexity index is 1350. The van der Waals surface area contributed by atoms with Crippen LogP contribution in [0.2, 0.25) is 0 Å². The van der Waals surface area contributed by atoms with Gasteiger partial charge < -0.3 is 25.4 Å². The molecule has 3 N–H and O–H groups in total. The van der Waals surface area contributed by atoms with E-state index in [1.165, 1.54) is 0 Å². The van der Waals surface area contributed by atoms with Crippen LogP contribution in [0.1, 0.15) is 43.2 Å². The maximum atomic E-state index is 13.0. The molecule has 0 aliphatic carbocycles. The number of rotatable bonds is 3. The second-order valence-electron chi connectivity index (χ2n) is 10.4. The first kappa shape index (κ1) is 24.6. The summed E-state index contributed by atoms with van der Waals surface area (Å²) in [4.78, 5) is 30.7. The van der Waals surface area contributed by atoms with Crippen molar-refractivity contribution in [2.45, 2.75) is 53.2 Å². The zero-order valence-electron chi connectivity index (χ0n) is 22.0. The molecule has 1 amide bonds. The molecule has 4 heterocycles. The van der Waals surface area contributed by atoms with Crippen LogP contribution < -0.4 is 25.6 Å². The Morgan fingerprint density at radius 1 is 1.16 bits per heavy atom. The number of anilines is 5. The summed E-state index contributed by atoms with van der Waals surface area (Å²) in [6.45, 7) is 11.7. The summed E-state index contributed by atoms with van der Waals surface area (Å²) in [5.74, 6) is 0.984. The normalized spacial score (nSPS) is 14.9. The van der Waals surface area contributed by atoms with Gasteiger partial charge in [-0.25, -0.2) is 19.7 Å². The van der Waals surface area contributed by atoms with Crippen molar-refractivity contribution >= 4 is 34.8 Å². The highest BCUT2D eigenvalue weighted by molar-refractivity contribution is 5.92. The van der Waals surface area contributed by atoms with Crippen LogP contribution >= 0.6 is 0 Å². The second kappa shape index (κ2) is 9.42. The van der Waals surface area contributed by atoms with E-state index in [9.17, 15) is 4.79 Å². The van der Waals surface area contributed by atoms with Crippen LogP contribution in [-0.2, 0) is 17.7 Å². The molecule has 37 heavy (non-hydrogen) atoms. The Balaban J connectivity index is 1.40. The Labute approximate surface area is 216 Å². The van der Waals surface area contributed by atoms with Crippen LogP contribution in [0.25, 0.3) is 0 Å². The van der Waals surface area contributed by atoms with Crippen LogP contribution in [0.3, 0.4) is 0 Å². The summed E-state index contributed by atoms with van der Waals surface area (Å²) < 4.78 is 11.4. The number of fused-ring (bicyclic) bond motifs is 2. The van der Waals surface area contributed by atoms with Crippen LogP contribution in [0.15, 0.2) is 30.6 Å². The Morgan fingerprint density at radius 3 is 2.73 bits per heavy atom. The van der Waals surface area contributed by atoms with E-state index in [1.54, 1.807) is 4.90 Å². The second-order valence-corrected chi connectivity index (χ2v) is 10.4. The third-order valence-electron chi connectivity index (χ3n) is 6.50. The van der Waals surface area contributed by atoms with Gasteiger partial charge in [0.15, 0.2) is 0 Å². The van der Waals surface area contributed by atoms with Gasteiger partial charge in [0.1, 0.15) is 17.9 Å². The molecule has 2 aliphatic heterocycles. The number of benzene rings is 1. The van der Waals surface area contributed by atoms with Gasteiger partial charge in [0.05, 0.1) is 30.7 Å². The Hall–Kier alpha value is -4.08. The third-order valence-corrected chi connectivity index (χ3v) is 6.50. The van der Waals surface area contributed by atoms with Gasteiger partial charge in [-0.2, -0.15) is 0 Å². The molecule has 5 rings (SSSR count). The van der Waals surface area contributed by atoms with E-state index < -0.39 is 11.7 Å². The average molecular weight is 504 g/mol. The van der Waals surface area contributed by atoms with Crippen LogP contribution in [-0.4, -0.2) is 46.3 Å². The fraction of sp³-hybridized carbons (Fsp3) is 0.407. The molecule has 0 radical (unpaired) electrons. The average Bonchev–Trinajstić information content (AvgIpc) is 2.85. The number of aromatic nitrogens is 3. The number of hydrogen-bond acceptors (Lipinski definition) is 9. The molecule has 0 spiro atoms. The van der Waals surface area contributed by atoms with Crippen molar-refractivity contribution in [1.82, 2.24) is 15.0 Å². The number of amides is 1. The molecule has 194 valence electrons. The van der Waals surface area contributed by atoms with Crippen LogP contribution in [0.5, 0.6) is 5.88 Å². The highest BCUT2D eigenvalue weighted by atomic mass is 16.6. The lowest BCUT2D eigenvalue weighted by Gasteiger charge is -2.35. The lowest BCUT2D eigenvalue weighted by Crippen LogP contribution is -2.42. The summed E-state index contributed by atoms with van der Waals surface area (Å²) in [6, 6.07) is 5.76. The maximum Gasteiger partial charge on any atom is 0.415 e. The summed E-state index contributed by atoms with van der Waals surface area (Å²) in [7, 11) is 0. The summed E-state index contributed by atoms with van der Waals surface area (Å²) in [6.07, 6.45) is 4.11. The fourth-order valence-corrected chi connectivity index (χ4v) is 4.60. The summed E-state index contributed by atoms with van der Waals surface area (Å²) >= 11 is 0. The molecule has 1 aromatic carbocycles. The third kappa shape index (κ3) is 5.09. The summed E-state index contributed by atoms with van der Waals surface area (Å²) in [5.41, 5.74) is 12.6. The van der Waals surface area contributed by atoms with Crippen molar-refractivity contribution in [2.24, 2.45) is 0 Å². The number of nitrogen functional groups attached to an aromatic ring is 1. The molecule has 10 heteroatoms. The first-order valence-electron chi connectivity index (χ1n) is 12.4. The highest BCUT2D eigenvalue weighted by Crippen LogP contribution is 2.39. The molecular formula is C27H33N7O3. The lowest BCUT2D eigenvalue weighted by atomic mass is 10.0. The van der Waals surface area contributed by atoms with Crippen LogP contribution in [0.4, 0.5) is 33.5 Å². The molecule has 0 unspecified atom stereocenters. The topological polar surface area (TPSA) is 119 Å². The van der Waals surface area contributed by atoms with Crippen molar-refractivity contribution in [3.63, 3.8) is 0 Å². The zero-order valence-corrected chi connectivity index (χ0v) is 22.0. The number of nitrogens with zero attached hydrogens (tertiary/aromatic N) is 5. The highest BCUT2D eigenvalue weighted by Gasteiger charge is 2.32. The van der Waals surface area contributed by atoms with E-state index in [-0.39, 0.29) is 0 Å². The number of ether oxygens (including phenoxy) is 2. The van der Waals surface area contributed by atoms with E-state index in [0.29, 0.717) is 37.2 Å². The molecule has 0 saturated heterocycles. The van der Waals surface area contributed by atoms with E-state index >= 15 is 0 Å². The number of carbonyl (C=O) groups is 1. The van der Waals surface area contributed by atoms with Crippen molar-refractivity contribution in [1.29, 1.82) is 0 Å². The maximum absolute atomic E-state index is 13.0. The van der Waals surface area contributed by atoms with Gasteiger partial charge in [-0.15, -0.1) is 0 Å². The Kier molecular flexibility index (Phi) is 6.26. The predicted octanol–water partition coefficient (Wildman–Crippen LogP) is 4.51. The van der Waals surface area contributed by atoms with Crippen molar-refractivity contribution in [3.05, 3.63) is 53.0 Å². The van der Waals surface area contributed by atoms with Crippen LogP contribution in [0, 0.1) is 13.8 Å². The molecule has 0 fully saturated rings. The molecule has 2 aliphatic rings.